The Bertz CT molecular complexity index is 105. The molecule has 0 N–H and O–H groups in total. The molecule has 0 aliphatic rings. The second-order valence-corrected chi connectivity index (χ2v) is 10.0. The van der Waals surface area contributed by atoms with Gasteiger partial charge in [0.2, 0.25) is 0 Å². The highest BCUT2D eigenvalue weighted by Gasteiger charge is 2.37. The van der Waals surface area contributed by atoms with Gasteiger partial charge in [-0.05, 0) is 10.1 Å². The predicted molar refractivity (Wildman–Crippen MR) is 53.6 cm³/mol. The normalized spacial score (nSPS) is 14.2. The minimum absolute atomic E-state index is 0.368. The standard InChI is InChI=1S/C9H22OSi/c1-8(2,3)11(10-7)9(4,5)6/h11H,1-7H3. The maximum absolute atomic E-state index is 5.62. The number of rotatable bonds is 1. The van der Waals surface area contributed by atoms with Crippen molar-refractivity contribution >= 4 is 9.04 Å². The van der Waals surface area contributed by atoms with Gasteiger partial charge in [-0.2, -0.15) is 0 Å². The van der Waals surface area contributed by atoms with Crippen LogP contribution in [0, 0.1) is 0 Å². The van der Waals surface area contributed by atoms with Crippen molar-refractivity contribution in [3.8, 4) is 0 Å². The molecule has 0 atom stereocenters. The minimum atomic E-state index is -1.09. The first kappa shape index (κ1) is 11.2. The molecule has 0 spiro atoms. The zero-order valence-electron chi connectivity index (χ0n) is 8.99. The summed E-state index contributed by atoms with van der Waals surface area (Å²) < 4.78 is 5.62. The molecule has 0 saturated heterocycles. The van der Waals surface area contributed by atoms with Crippen molar-refractivity contribution in [2.45, 2.75) is 51.6 Å². The molecule has 0 fully saturated rings. The SMILES string of the molecule is CO[SiH](C(C)(C)C)C(C)(C)C. The third kappa shape index (κ3) is 3.39. The predicted octanol–water partition coefficient (Wildman–Crippen LogP) is 2.96. The van der Waals surface area contributed by atoms with Gasteiger partial charge in [0.1, 0.15) is 0 Å². The van der Waals surface area contributed by atoms with Crippen molar-refractivity contribution in [2.75, 3.05) is 7.11 Å². The molecule has 0 rings (SSSR count). The highest BCUT2D eigenvalue weighted by atomic mass is 28.3. The van der Waals surface area contributed by atoms with E-state index in [2.05, 4.69) is 41.5 Å². The van der Waals surface area contributed by atoms with Crippen LogP contribution in [0.3, 0.4) is 0 Å². The van der Waals surface area contributed by atoms with Crippen LogP contribution >= 0.6 is 0 Å². The summed E-state index contributed by atoms with van der Waals surface area (Å²) in [5, 5.41) is 0.736. The molecule has 0 aromatic heterocycles. The molecule has 0 aromatic carbocycles. The Kier molecular flexibility index (Phi) is 3.33. The van der Waals surface area contributed by atoms with E-state index in [-0.39, 0.29) is 0 Å². The van der Waals surface area contributed by atoms with Gasteiger partial charge in [0.05, 0.1) is 0 Å². The van der Waals surface area contributed by atoms with E-state index >= 15 is 0 Å². The summed E-state index contributed by atoms with van der Waals surface area (Å²) in [4.78, 5) is 0. The zero-order chi connectivity index (χ0) is 9.28. The lowest BCUT2D eigenvalue weighted by Crippen LogP contribution is -2.37. The maximum atomic E-state index is 5.62. The van der Waals surface area contributed by atoms with Gasteiger partial charge < -0.3 is 4.43 Å². The summed E-state index contributed by atoms with van der Waals surface area (Å²) in [5.74, 6) is 0. The first-order valence-electron chi connectivity index (χ1n) is 4.22. The van der Waals surface area contributed by atoms with E-state index in [1.54, 1.807) is 0 Å². The quantitative estimate of drug-likeness (QED) is 0.555. The van der Waals surface area contributed by atoms with Crippen LogP contribution in [0.25, 0.3) is 0 Å². The van der Waals surface area contributed by atoms with Gasteiger partial charge in [-0.15, -0.1) is 0 Å². The van der Waals surface area contributed by atoms with E-state index in [0.717, 1.165) is 0 Å². The lowest BCUT2D eigenvalue weighted by atomic mass is 10.2. The molecule has 0 unspecified atom stereocenters. The fraction of sp³-hybridized carbons (Fsp3) is 1.00. The van der Waals surface area contributed by atoms with Gasteiger partial charge in [-0.1, -0.05) is 41.5 Å². The zero-order valence-corrected chi connectivity index (χ0v) is 10.1. The molecule has 0 aliphatic heterocycles. The Morgan fingerprint density at radius 2 is 1.09 bits per heavy atom. The van der Waals surface area contributed by atoms with E-state index in [1.807, 2.05) is 7.11 Å². The van der Waals surface area contributed by atoms with Crippen LogP contribution < -0.4 is 0 Å². The lowest BCUT2D eigenvalue weighted by Gasteiger charge is -2.37. The smallest absolute Gasteiger partial charge is 0.186 e. The van der Waals surface area contributed by atoms with Crippen LogP contribution in [-0.4, -0.2) is 16.2 Å². The summed E-state index contributed by atoms with van der Waals surface area (Å²) in [5.41, 5.74) is 0. The second-order valence-electron chi connectivity index (χ2n) is 5.35. The Morgan fingerprint density at radius 1 is 0.818 bits per heavy atom. The van der Waals surface area contributed by atoms with Crippen LogP contribution in [-0.2, 0) is 4.43 Å². The molecule has 0 aromatic rings. The molecular formula is C9H22OSi. The Labute approximate surface area is 72.9 Å². The lowest BCUT2D eigenvalue weighted by molar-refractivity contribution is 0.360. The molecule has 0 bridgehead atoms. The van der Waals surface area contributed by atoms with Gasteiger partial charge in [0.15, 0.2) is 9.04 Å². The first-order valence-corrected chi connectivity index (χ1v) is 5.85. The van der Waals surface area contributed by atoms with E-state index in [1.165, 1.54) is 0 Å². The highest BCUT2D eigenvalue weighted by molar-refractivity contribution is 6.58. The van der Waals surface area contributed by atoms with Gasteiger partial charge >= 0.3 is 0 Å². The van der Waals surface area contributed by atoms with Crippen LogP contribution in [0.4, 0.5) is 0 Å². The van der Waals surface area contributed by atoms with Crippen molar-refractivity contribution in [1.29, 1.82) is 0 Å². The summed E-state index contributed by atoms with van der Waals surface area (Å²) >= 11 is 0. The molecular weight excluding hydrogens is 152 g/mol. The van der Waals surface area contributed by atoms with Crippen molar-refractivity contribution in [3.63, 3.8) is 0 Å². The van der Waals surface area contributed by atoms with Crippen molar-refractivity contribution < 1.29 is 4.43 Å². The van der Waals surface area contributed by atoms with Crippen LogP contribution in [0.5, 0.6) is 0 Å². The molecule has 0 amide bonds. The van der Waals surface area contributed by atoms with E-state index in [0.29, 0.717) is 10.1 Å². The highest BCUT2D eigenvalue weighted by Crippen LogP contribution is 2.41. The maximum Gasteiger partial charge on any atom is 0.186 e. The van der Waals surface area contributed by atoms with E-state index in [4.69, 9.17) is 4.43 Å². The van der Waals surface area contributed by atoms with Crippen molar-refractivity contribution in [1.82, 2.24) is 0 Å². The molecule has 1 nitrogen and oxygen atoms in total. The Hall–Kier alpha value is 0.177. The summed E-state index contributed by atoms with van der Waals surface area (Å²) in [6.07, 6.45) is 0. The average Bonchev–Trinajstić information content (AvgIpc) is 1.56. The Morgan fingerprint density at radius 3 is 1.09 bits per heavy atom. The monoisotopic (exact) mass is 174 g/mol. The third-order valence-corrected chi connectivity index (χ3v) is 5.43. The van der Waals surface area contributed by atoms with E-state index in [9.17, 15) is 0 Å². The largest absolute Gasteiger partial charge is 0.422 e. The van der Waals surface area contributed by atoms with Crippen LogP contribution in [0.2, 0.25) is 10.1 Å². The summed E-state index contributed by atoms with van der Waals surface area (Å²) in [6, 6.07) is 0. The van der Waals surface area contributed by atoms with Gasteiger partial charge in [0.25, 0.3) is 0 Å². The fourth-order valence-corrected chi connectivity index (χ4v) is 6.02. The first-order chi connectivity index (χ1) is 4.69. The fourth-order valence-electron chi connectivity index (χ4n) is 2.01. The van der Waals surface area contributed by atoms with Gasteiger partial charge in [0, 0.05) is 7.11 Å². The van der Waals surface area contributed by atoms with Crippen LogP contribution in [0.1, 0.15) is 41.5 Å². The van der Waals surface area contributed by atoms with Gasteiger partial charge in [-0.3, -0.25) is 0 Å². The molecule has 0 saturated carbocycles. The third-order valence-electron chi connectivity index (χ3n) is 1.81. The minimum Gasteiger partial charge on any atom is -0.422 e. The van der Waals surface area contributed by atoms with E-state index < -0.39 is 9.04 Å². The van der Waals surface area contributed by atoms with Crippen molar-refractivity contribution in [2.24, 2.45) is 0 Å². The molecule has 11 heavy (non-hydrogen) atoms. The molecule has 68 valence electrons. The average molecular weight is 174 g/mol. The number of hydrogen-bond acceptors (Lipinski definition) is 1. The molecule has 0 heterocycles. The Balaban J connectivity index is 4.43. The number of hydrogen-bond donors (Lipinski definition) is 0. The molecule has 2 heteroatoms. The summed E-state index contributed by atoms with van der Waals surface area (Å²) in [6.45, 7) is 13.7. The van der Waals surface area contributed by atoms with Gasteiger partial charge in [-0.25, -0.2) is 0 Å². The van der Waals surface area contributed by atoms with Crippen LogP contribution in [0.15, 0.2) is 0 Å². The molecule has 0 radical (unpaired) electrons. The topological polar surface area (TPSA) is 9.23 Å². The van der Waals surface area contributed by atoms with Crippen molar-refractivity contribution in [3.05, 3.63) is 0 Å². The second kappa shape index (κ2) is 3.28. The molecule has 0 aliphatic carbocycles. The summed E-state index contributed by atoms with van der Waals surface area (Å²) in [7, 11) is 0.765.